The molecular formula is C15H14ClN. The van der Waals surface area contributed by atoms with Gasteiger partial charge in [-0.1, -0.05) is 48.0 Å². The zero-order valence-electron chi connectivity index (χ0n) is 9.49. The van der Waals surface area contributed by atoms with Crippen LogP contribution in [0.15, 0.2) is 48.5 Å². The van der Waals surface area contributed by atoms with Crippen molar-refractivity contribution in [1.29, 1.82) is 0 Å². The van der Waals surface area contributed by atoms with Crippen molar-refractivity contribution < 1.29 is 0 Å². The molecule has 1 atom stereocenters. The van der Waals surface area contributed by atoms with Gasteiger partial charge in [-0.2, -0.15) is 0 Å². The molecule has 2 aromatic rings. The SMILES string of the molecule is Clc1ccc2c(c1)C(c1ccccc1)CNC2. The predicted octanol–water partition coefficient (Wildman–Crippen LogP) is 3.58. The Bertz CT molecular complexity index is 522. The van der Waals surface area contributed by atoms with E-state index in [-0.39, 0.29) is 0 Å². The van der Waals surface area contributed by atoms with Crippen LogP contribution in [0.4, 0.5) is 0 Å². The van der Waals surface area contributed by atoms with Gasteiger partial charge >= 0.3 is 0 Å². The summed E-state index contributed by atoms with van der Waals surface area (Å²) in [6.45, 7) is 1.92. The maximum absolute atomic E-state index is 6.11. The predicted molar refractivity (Wildman–Crippen MR) is 71.4 cm³/mol. The Morgan fingerprint density at radius 1 is 1.06 bits per heavy atom. The van der Waals surface area contributed by atoms with Crippen molar-refractivity contribution in [3.05, 3.63) is 70.2 Å². The van der Waals surface area contributed by atoms with Gasteiger partial charge in [-0.15, -0.1) is 0 Å². The molecule has 0 aromatic heterocycles. The standard InChI is InChI=1S/C15H14ClN/c16-13-7-6-12-9-17-10-15(14(12)8-13)11-4-2-1-3-5-11/h1-8,15,17H,9-10H2. The summed E-state index contributed by atoms with van der Waals surface area (Å²) >= 11 is 6.11. The van der Waals surface area contributed by atoms with E-state index >= 15 is 0 Å². The van der Waals surface area contributed by atoms with E-state index in [1.165, 1.54) is 16.7 Å². The van der Waals surface area contributed by atoms with Gasteiger partial charge in [0.25, 0.3) is 0 Å². The van der Waals surface area contributed by atoms with Gasteiger partial charge in [-0.05, 0) is 28.8 Å². The fourth-order valence-electron chi connectivity index (χ4n) is 2.50. The Labute approximate surface area is 106 Å². The third-order valence-electron chi connectivity index (χ3n) is 3.35. The molecule has 0 aliphatic carbocycles. The highest BCUT2D eigenvalue weighted by Crippen LogP contribution is 2.31. The van der Waals surface area contributed by atoms with Crippen molar-refractivity contribution in [3.8, 4) is 0 Å². The van der Waals surface area contributed by atoms with E-state index in [1.54, 1.807) is 0 Å². The Morgan fingerprint density at radius 2 is 1.88 bits per heavy atom. The highest BCUT2D eigenvalue weighted by molar-refractivity contribution is 6.30. The summed E-state index contributed by atoms with van der Waals surface area (Å²) in [5, 5.41) is 4.29. The maximum Gasteiger partial charge on any atom is 0.0409 e. The maximum atomic E-state index is 6.11. The molecule has 2 aromatic carbocycles. The van der Waals surface area contributed by atoms with Crippen LogP contribution in [-0.4, -0.2) is 6.54 Å². The molecule has 0 saturated carbocycles. The Hall–Kier alpha value is -1.31. The van der Waals surface area contributed by atoms with E-state index in [1.807, 2.05) is 6.07 Å². The molecule has 0 saturated heterocycles. The Morgan fingerprint density at radius 3 is 2.71 bits per heavy atom. The van der Waals surface area contributed by atoms with Crippen LogP contribution >= 0.6 is 11.6 Å². The second-order valence-electron chi connectivity index (χ2n) is 4.44. The van der Waals surface area contributed by atoms with Gasteiger partial charge in [-0.3, -0.25) is 0 Å². The molecule has 17 heavy (non-hydrogen) atoms. The molecule has 0 spiro atoms. The topological polar surface area (TPSA) is 12.0 Å². The zero-order chi connectivity index (χ0) is 11.7. The summed E-state index contributed by atoms with van der Waals surface area (Å²) in [7, 11) is 0. The molecule has 1 nitrogen and oxygen atoms in total. The summed E-state index contributed by atoms with van der Waals surface area (Å²) in [4.78, 5) is 0. The van der Waals surface area contributed by atoms with Crippen molar-refractivity contribution in [2.75, 3.05) is 6.54 Å². The first-order valence-corrected chi connectivity index (χ1v) is 6.26. The molecule has 1 N–H and O–H groups in total. The third-order valence-corrected chi connectivity index (χ3v) is 3.58. The van der Waals surface area contributed by atoms with E-state index in [2.05, 4.69) is 47.8 Å². The van der Waals surface area contributed by atoms with Crippen LogP contribution in [0.3, 0.4) is 0 Å². The van der Waals surface area contributed by atoms with Crippen LogP contribution < -0.4 is 5.32 Å². The first-order chi connectivity index (χ1) is 8.34. The fraction of sp³-hybridized carbons (Fsp3) is 0.200. The van der Waals surface area contributed by atoms with E-state index in [0.29, 0.717) is 5.92 Å². The number of halogens is 1. The third kappa shape index (κ3) is 2.08. The molecule has 1 aliphatic heterocycles. The molecule has 0 bridgehead atoms. The minimum Gasteiger partial charge on any atom is -0.312 e. The largest absolute Gasteiger partial charge is 0.312 e. The molecule has 0 radical (unpaired) electrons. The van der Waals surface area contributed by atoms with Crippen molar-refractivity contribution in [3.63, 3.8) is 0 Å². The van der Waals surface area contributed by atoms with Gasteiger partial charge in [0.1, 0.15) is 0 Å². The molecule has 0 fully saturated rings. The summed E-state index contributed by atoms with van der Waals surface area (Å²) in [6.07, 6.45) is 0. The summed E-state index contributed by atoms with van der Waals surface area (Å²) < 4.78 is 0. The van der Waals surface area contributed by atoms with Gasteiger partial charge in [0.15, 0.2) is 0 Å². The van der Waals surface area contributed by atoms with Crippen LogP contribution in [0, 0.1) is 0 Å². The monoisotopic (exact) mass is 243 g/mol. The highest BCUT2D eigenvalue weighted by atomic mass is 35.5. The van der Waals surface area contributed by atoms with Gasteiger partial charge in [0.05, 0.1) is 0 Å². The van der Waals surface area contributed by atoms with Crippen LogP contribution in [0.5, 0.6) is 0 Å². The number of rotatable bonds is 1. The van der Waals surface area contributed by atoms with Crippen molar-refractivity contribution in [2.45, 2.75) is 12.5 Å². The quantitative estimate of drug-likeness (QED) is 0.808. The lowest BCUT2D eigenvalue weighted by atomic mass is 9.86. The average Bonchev–Trinajstić information content (AvgIpc) is 2.39. The molecule has 1 unspecified atom stereocenters. The lowest BCUT2D eigenvalue weighted by Crippen LogP contribution is -2.28. The number of hydrogen-bond acceptors (Lipinski definition) is 1. The molecule has 2 heteroatoms. The van der Waals surface area contributed by atoms with Gasteiger partial charge in [-0.25, -0.2) is 0 Å². The van der Waals surface area contributed by atoms with Crippen molar-refractivity contribution in [2.24, 2.45) is 0 Å². The molecule has 3 rings (SSSR count). The van der Waals surface area contributed by atoms with Crippen molar-refractivity contribution in [1.82, 2.24) is 5.32 Å². The van der Waals surface area contributed by atoms with Gasteiger partial charge < -0.3 is 5.32 Å². The molecule has 86 valence electrons. The molecule has 1 heterocycles. The Balaban J connectivity index is 2.08. The summed E-state index contributed by atoms with van der Waals surface area (Å²) in [6, 6.07) is 16.8. The lowest BCUT2D eigenvalue weighted by Gasteiger charge is -2.27. The average molecular weight is 244 g/mol. The zero-order valence-corrected chi connectivity index (χ0v) is 10.2. The number of fused-ring (bicyclic) bond motifs is 1. The molecular weight excluding hydrogens is 230 g/mol. The molecule has 0 amide bonds. The summed E-state index contributed by atoms with van der Waals surface area (Å²) in [5.41, 5.74) is 4.07. The van der Waals surface area contributed by atoms with Crippen LogP contribution in [0.2, 0.25) is 5.02 Å². The van der Waals surface area contributed by atoms with Crippen LogP contribution in [0.1, 0.15) is 22.6 Å². The fourth-order valence-corrected chi connectivity index (χ4v) is 2.68. The second-order valence-corrected chi connectivity index (χ2v) is 4.87. The number of benzene rings is 2. The van der Waals surface area contributed by atoms with Gasteiger partial charge in [0, 0.05) is 24.0 Å². The van der Waals surface area contributed by atoms with E-state index in [4.69, 9.17) is 11.6 Å². The smallest absolute Gasteiger partial charge is 0.0409 e. The number of hydrogen-bond donors (Lipinski definition) is 1. The second kappa shape index (κ2) is 4.52. The number of nitrogens with one attached hydrogen (secondary N) is 1. The minimum absolute atomic E-state index is 0.415. The highest BCUT2D eigenvalue weighted by Gasteiger charge is 2.21. The van der Waals surface area contributed by atoms with E-state index in [0.717, 1.165) is 18.1 Å². The van der Waals surface area contributed by atoms with E-state index in [9.17, 15) is 0 Å². The first kappa shape index (κ1) is 10.8. The molecule has 1 aliphatic rings. The normalized spacial score (nSPS) is 18.8. The van der Waals surface area contributed by atoms with Crippen LogP contribution in [-0.2, 0) is 6.54 Å². The van der Waals surface area contributed by atoms with Crippen molar-refractivity contribution >= 4 is 11.6 Å². The minimum atomic E-state index is 0.415. The first-order valence-electron chi connectivity index (χ1n) is 5.88. The van der Waals surface area contributed by atoms with Crippen LogP contribution in [0.25, 0.3) is 0 Å². The van der Waals surface area contributed by atoms with Gasteiger partial charge in [0.2, 0.25) is 0 Å². The summed E-state index contributed by atoms with van der Waals surface area (Å²) in [5.74, 6) is 0.415. The van der Waals surface area contributed by atoms with E-state index < -0.39 is 0 Å². The Kier molecular flexibility index (Phi) is 2.87. The lowest BCUT2D eigenvalue weighted by molar-refractivity contribution is 0.591.